The SMILES string of the molecule is O=C(CN1C(=O)CN=C(c2ccccc2)c2c1sc1c2CCC1)N1CCCCC1. The summed E-state index contributed by atoms with van der Waals surface area (Å²) in [5.74, 6) is -0.0248. The number of aliphatic imine (C=N–C) groups is 1. The van der Waals surface area contributed by atoms with Crippen LogP contribution in [-0.2, 0) is 22.4 Å². The number of hydrogen-bond donors (Lipinski definition) is 0. The molecule has 6 heteroatoms. The van der Waals surface area contributed by atoms with Crippen molar-refractivity contribution in [2.24, 2.45) is 4.99 Å². The molecular weight excluding hydrogens is 382 g/mol. The predicted octanol–water partition coefficient (Wildman–Crippen LogP) is 3.43. The van der Waals surface area contributed by atoms with E-state index in [0.717, 1.165) is 67.0 Å². The van der Waals surface area contributed by atoms with E-state index in [1.807, 2.05) is 23.1 Å². The molecule has 1 fully saturated rings. The Labute approximate surface area is 175 Å². The molecule has 0 saturated carbocycles. The van der Waals surface area contributed by atoms with Crippen molar-refractivity contribution >= 4 is 33.9 Å². The molecule has 1 aromatic heterocycles. The van der Waals surface area contributed by atoms with Crippen LogP contribution in [0.4, 0.5) is 5.00 Å². The number of piperidine rings is 1. The lowest BCUT2D eigenvalue weighted by molar-refractivity contribution is -0.132. The second-order valence-electron chi connectivity index (χ2n) is 7.99. The first-order chi connectivity index (χ1) is 14.2. The molecule has 5 rings (SSSR count). The zero-order chi connectivity index (χ0) is 19.8. The molecule has 0 spiro atoms. The van der Waals surface area contributed by atoms with Crippen LogP contribution < -0.4 is 4.90 Å². The summed E-state index contributed by atoms with van der Waals surface area (Å²) in [6, 6.07) is 10.1. The van der Waals surface area contributed by atoms with Gasteiger partial charge in [-0.2, -0.15) is 0 Å². The van der Waals surface area contributed by atoms with Crippen LogP contribution in [0.1, 0.15) is 47.3 Å². The Morgan fingerprint density at radius 3 is 2.62 bits per heavy atom. The third-order valence-corrected chi connectivity index (χ3v) is 7.42. The molecule has 2 aliphatic heterocycles. The predicted molar refractivity (Wildman–Crippen MR) is 116 cm³/mol. The first kappa shape index (κ1) is 18.6. The van der Waals surface area contributed by atoms with Crippen LogP contribution in [0.3, 0.4) is 0 Å². The number of carbonyl (C=O) groups excluding carboxylic acids is 2. The molecule has 2 amide bonds. The number of thiophene rings is 1. The molecular formula is C23H25N3O2S. The molecule has 0 bridgehead atoms. The molecule has 1 aliphatic carbocycles. The molecule has 3 aliphatic rings. The van der Waals surface area contributed by atoms with E-state index in [4.69, 9.17) is 4.99 Å². The van der Waals surface area contributed by atoms with Crippen molar-refractivity contribution < 1.29 is 9.59 Å². The molecule has 150 valence electrons. The van der Waals surface area contributed by atoms with Gasteiger partial charge in [0, 0.05) is 29.1 Å². The summed E-state index contributed by atoms with van der Waals surface area (Å²) in [4.78, 5) is 35.7. The van der Waals surface area contributed by atoms with Crippen LogP contribution in [-0.4, -0.2) is 48.6 Å². The van der Waals surface area contributed by atoms with Crippen molar-refractivity contribution in [2.45, 2.75) is 38.5 Å². The number of aryl methyl sites for hydroxylation is 1. The highest BCUT2D eigenvalue weighted by atomic mass is 32.1. The van der Waals surface area contributed by atoms with Crippen LogP contribution in [0.5, 0.6) is 0 Å². The van der Waals surface area contributed by atoms with E-state index in [0.29, 0.717) is 0 Å². The van der Waals surface area contributed by atoms with Gasteiger partial charge in [-0.1, -0.05) is 30.3 Å². The number of rotatable bonds is 3. The molecule has 3 heterocycles. The first-order valence-corrected chi connectivity index (χ1v) is 11.4. The van der Waals surface area contributed by atoms with Gasteiger partial charge in [-0.05, 0) is 44.1 Å². The molecule has 29 heavy (non-hydrogen) atoms. The number of fused-ring (bicyclic) bond motifs is 3. The number of nitrogens with zero attached hydrogens (tertiary/aromatic N) is 3. The molecule has 0 unspecified atom stereocenters. The van der Waals surface area contributed by atoms with Gasteiger partial charge < -0.3 is 4.90 Å². The number of anilines is 1. The zero-order valence-corrected chi connectivity index (χ0v) is 17.3. The number of likely N-dealkylation sites (tertiary alicyclic amines) is 1. The smallest absolute Gasteiger partial charge is 0.249 e. The fourth-order valence-corrected chi connectivity index (χ4v) is 6.02. The topological polar surface area (TPSA) is 53.0 Å². The van der Waals surface area contributed by atoms with Gasteiger partial charge >= 0.3 is 0 Å². The number of amides is 2. The lowest BCUT2D eigenvalue weighted by Crippen LogP contribution is -2.45. The highest BCUT2D eigenvalue weighted by molar-refractivity contribution is 7.17. The normalized spacial score (nSPS) is 18.9. The molecule has 1 saturated heterocycles. The van der Waals surface area contributed by atoms with Crippen LogP contribution in [0.15, 0.2) is 35.3 Å². The van der Waals surface area contributed by atoms with Crippen molar-refractivity contribution in [3.63, 3.8) is 0 Å². The Balaban J connectivity index is 1.54. The van der Waals surface area contributed by atoms with Crippen LogP contribution in [0, 0.1) is 0 Å². The Kier molecular flexibility index (Phi) is 4.96. The minimum Gasteiger partial charge on any atom is -0.341 e. The van der Waals surface area contributed by atoms with Crippen molar-refractivity contribution in [3.05, 3.63) is 51.9 Å². The number of benzene rings is 1. The number of hydrogen-bond acceptors (Lipinski definition) is 4. The number of carbonyl (C=O) groups is 2. The molecule has 0 radical (unpaired) electrons. The van der Waals surface area contributed by atoms with Crippen molar-refractivity contribution in [1.29, 1.82) is 0 Å². The highest BCUT2D eigenvalue weighted by Gasteiger charge is 2.34. The molecule has 0 N–H and O–H groups in total. The fraction of sp³-hybridized carbons (Fsp3) is 0.435. The summed E-state index contributed by atoms with van der Waals surface area (Å²) in [6.45, 7) is 1.83. The minimum atomic E-state index is -0.0811. The van der Waals surface area contributed by atoms with E-state index in [-0.39, 0.29) is 24.9 Å². The van der Waals surface area contributed by atoms with Crippen LogP contribution in [0.2, 0.25) is 0 Å². The zero-order valence-electron chi connectivity index (χ0n) is 16.5. The standard InChI is InChI=1S/C23H25N3O2S/c27-19-14-24-22(16-8-3-1-4-9-16)21-17-10-7-11-18(17)29-23(21)26(19)15-20(28)25-12-5-2-6-13-25/h1,3-4,8-9H,2,5-7,10-15H2. The minimum absolute atomic E-state index is 0.0562. The van der Waals surface area contributed by atoms with Gasteiger partial charge in [0.15, 0.2) is 0 Å². The average Bonchev–Trinajstić information content (AvgIpc) is 3.32. The molecule has 0 atom stereocenters. The third-order valence-electron chi connectivity index (χ3n) is 6.11. The molecule has 1 aromatic carbocycles. The lowest BCUT2D eigenvalue weighted by Gasteiger charge is -2.29. The summed E-state index contributed by atoms with van der Waals surface area (Å²) < 4.78 is 0. The van der Waals surface area contributed by atoms with Gasteiger partial charge in [0.2, 0.25) is 11.8 Å². The maximum absolute atomic E-state index is 13.1. The van der Waals surface area contributed by atoms with E-state index in [9.17, 15) is 9.59 Å². The van der Waals surface area contributed by atoms with E-state index in [2.05, 4.69) is 12.1 Å². The van der Waals surface area contributed by atoms with Crippen molar-refractivity contribution in [3.8, 4) is 0 Å². The van der Waals surface area contributed by atoms with Gasteiger partial charge in [-0.15, -0.1) is 11.3 Å². The fourth-order valence-electron chi connectivity index (χ4n) is 4.62. The third kappa shape index (κ3) is 3.39. The first-order valence-electron chi connectivity index (χ1n) is 10.6. The van der Waals surface area contributed by atoms with Gasteiger partial charge in [0.05, 0.1) is 5.71 Å². The maximum atomic E-state index is 13.1. The monoisotopic (exact) mass is 407 g/mol. The van der Waals surface area contributed by atoms with Gasteiger partial charge in [0.25, 0.3) is 0 Å². The van der Waals surface area contributed by atoms with E-state index < -0.39 is 0 Å². The quantitative estimate of drug-likeness (QED) is 0.783. The Morgan fingerprint density at radius 2 is 1.83 bits per heavy atom. The Morgan fingerprint density at radius 1 is 1.03 bits per heavy atom. The van der Waals surface area contributed by atoms with Crippen molar-refractivity contribution in [1.82, 2.24) is 4.90 Å². The maximum Gasteiger partial charge on any atom is 0.249 e. The molecule has 2 aromatic rings. The summed E-state index contributed by atoms with van der Waals surface area (Å²) in [7, 11) is 0. The second kappa shape index (κ2) is 7.75. The second-order valence-corrected chi connectivity index (χ2v) is 9.07. The Bertz CT molecular complexity index is 974. The largest absolute Gasteiger partial charge is 0.341 e. The highest BCUT2D eigenvalue weighted by Crippen LogP contribution is 2.43. The van der Waals surface area contributed by atoms with E-state index >= 15 is 0 Å². The van der Waals surface area contributed by atoms with Crippen LogP contribution >= 0.6 is 11.3 Å². The van der Waals surface area contributed by atoms with Gasteiger partial charge in [0.1, 0.15) is 18.1 Å². The van der Waals surface area contributed by atoms with Crippen molar-refractivity contribution in [2.75, 3.05) is 31.1 Å². The summed E-state index contributed by atoms with van der Waals surface area (Å²) in [5.41, 5.74) is 4.36. The van der Waals surface area contributed by atoms with E-state index in [1.165, 1.54) is 16.9 Å². The van der Waals surface area contributed by atoms with Gasteiger partial charge in [-0.25, -0.2) is 0 Å². The van der Waals surface area contributed by atoms with E-state index in [1.54, 1.807) is 16.2 Å². The van der Waals surface area contributed by atoms with Gasteiger partial charge in [-0.3, -0.25) is 19.5 Å². The summed E-state index contributed by atoms with van der Waals surface area (Å²) in [6.07, 6.45) is 6.52. The average molecular weight is 408 g/mol. The summed E-state index contributed by atoms with van der Waals surface area (Å²) in [5, 5.41) is 0.921. The lowest BCUT2D eigenvalue weighted by atomic mass is 9.99. The summed E-state index contributed by atoms with van der Waals surface area (Å²) >= 11 is 1.69. The Hall–Kier alpha value is -2.47. The molecule has 5 nitrogen and oxygen atoms in total. The van der Waals surface area contributed by atoms with Crippen LogP contribution in [0.25, 0.3) is 0 Å².